The first kappa shape index (κ1) is 11.5. The second-order valence-electron chi connectivity index (χ2n) is 4.03. The minimum atomic E-state index is 0.314. The van der Waals surface area contributed by atoms with Crippen molar-refractivity contribution in [1.82, 2.24) is 0 Å². The molecule has 0 bridgehead atoms. The highest BCUT2D eigenvalue weighted by Crippen LogP contribution is 2.29. The number of methoxy groups -OCH3 is 1. The van der Waals surface area contributed by atoms with Gasteiger partial charge >= 0.3 is 0 Å². The fourth-order valence-corrected chi connectivity index (χ4v) is 1.95. The molecule has 0 aromatic heterocycles. The molecule has 1 aromatic rings. The summed E-state index contributed by atoms with van der Waals surface area (Å²) in [6.07, 6.45) is 1.18. The van der Waals surface area contributed by atoms with Gasteiger partial charge in [0.05, 0.1) is 13.7 Å². The average Bonchev–Trinajstić information content (AvgIpc) is 2.39. The molecule has 4 heteroatoms. The molecule has 88 valence electrons. The van der Waals surface area contributed by atoms with Crippen molar-refractivity contribution in [2.75, 3.05) is 25.1 Å². The van der Waals surface area contributed by atoms with E-state index in [0.717, 1.165) is 18.8 Å². The van der Waals surface area contributed by atoms with Crippen LogP contribution < -0.4 is 9.64 Å². The molecule has 1 aliphatic rings. The van der Waals surface area contributed by atoms with E-state index in [1.807, 2.05) is 12.1 Å². The third-order valence-corrected chi connectivity index (χ3v) is 2.93. The van der Waals surface area contributed by atoms with Crippen LogP contribution in [0.25, 0.3) is 4.85 Å². The number of benzene rings is 1. The minimum absolute atomic E-state index is 0.314. The Balaban J connectivity index is 2.25. The summed E-state index contributed by atoms with van der Waals surface area (Å²) in [5, 5.41) is 0. The van der Waals surface area contributed by atoms with Crippen LogP contribution in [0.4, 0.5) is 11.4 Å². The van der Waals surface area contributed by atoms with Crippen molar-refractivity contribution in [2.45, 2.75) is 12.8 Å². The van der Waals surface area contributed by atoms with Gasteiger partial charge in [0.2, 0.25) is 0 Å². The number of hydrogen-bond acceptors (Lipinski definition) is 3. The first-order valence-corrected chi connectivity index (χ1v) is 5.56. The van der Waals surface area contributed by atoms with Crippen molar-refractivity contribution >= 4 is 17.2 Å². The number of ether oxygens (including phenoxy) is 1. The minimum Gasteiger partial charge on any atom is -0.498 e. The molecular weight excluding hydrogens is 216 g/mol. The van der Waals surface area contributed by atoms with E-state index in [9.17, 15) is 4.79 Å². The number of anilines is 1. The molecule has 0 radical (unpaired) electrons. The highest BCUT2D eigenvalue weighted by molar-refractivity contribution is 5.81. The zero-order valence-electron chi connectivity index (χ0n) is 9.77. The second kappa shape index (κ2) is 4.88. The molecule has 0 unspecified atom stereocenters. The van der Waals surface area contributed by atoms with Crippen molar-refractivity contribution in [3.05, 3.63) is 29.6 Å². The highest BCUT2D eigenvalue weighted by Gasteiger charge is 2.17. The second-order valence-corrected chi connectivity index (χ2v) is 4.03. The fraction of sp³-hybridized carbons (Fsp3) is 0.385. The lowest BCUT2D eigenvalue weighted by atomic mass is 10.1. The summed E-state index contributed by atoms with van der Waals surface area (Å²) in [6, 6.07) is 5.46. The first-order valence-electron chi connectivity index (χ1n) is 5.56. The lowest BCUT2D eigenvalue weighted by Gasteiger charge is -2.28. The molecular formula is C13H14N2O2. The summed E-state index contributed by atoms with van der Waals surface area (Å²) in [7, 11) is 1.59. The first-order chi connectivity index (χ1) is 8.22. The van der Waals surface area contributed by atoms with Crippen molar-refractivity contribution in [3.63, 3.8) is 0 Å². The maximum atomic E-state index is 11.2. The number of ketones is 1. The Morgan fingerprint density at radius 2 is 2.00 bits per heavy atom. The summed E-state index contributed by atoms with van der Waals surface area (Å²) < 4.78 is 5.17. The Kier molecular flexibility index (Phi) is 3.29. The Morgan fingerprint density at radius 1 is 1.29 bits per heavy atom. The molecule has 0 amide bonds. The predicted molar refractivity (Wildman–Crippen MR) is 65.7 cm³/mol. The number of piperidine rings is 1. The number of Topliss-reactive ketones (excluding diaryl/α,β-unsaturated/α-hetero) is 1. The van der Waals surface area contributed by atoms with Crippen LogP contribution in [0.1, 0.15) is 12.8 Å². The van der Waals surface area contributed by atoms with Crippen LogP contribution in [0, 0.1) is 6.57 Å². The van der Waals surface area contributed by atoms with E-state index in [0.29, 0.717) is 30.1 Å². The molecule has 0 spiro atoms. The molecule has 1 heterocycles. The van der Waals surface area contributed by atoms with Crippen LogP contribution in [-0.4, -0.2) is 26.0 Å². The predicted octanol–water partition coefficient (Wildman–Crippen LogP) is 2.42. The molecule has 1 aliphatic heterocycles. The SMILES string of the molecule is [C-]#[N+]c1cc(OC)cc(N2CCC(=O)CC2)c1. The van der Waals surface area contributed by atoms with Crippen LogP contribution in [-0.2, 0) is 4.79 Å². The lowest BCUT2D eigenvalue weighted by Crippen LogP contribution is -2.33. The van der Waals surface area contributed by atoms with E-state index in [1.165, 1.54) is 0 Å². The number of carbonyl (C=O) groups excluding carboxylic acids is 1. The largest absolute Gasteiger partial charge is 0.498 e. The number of nitrogens with zero attached hydrogens (tertiary/aromatic N) is 2. The van der Waals surface area contributed by atoms with Gasteiger partial charge < -0.3 is 9.64 Å². The van der Waals surface area contributed by atoms with Crippen LogP contribution in [0.15, 0.2) is 18.2 Å². The molecule has 0 saturated carbocycles. The number of rotatable bonds is 2. The zero-order valence-corrected chi connectivity index (χ0v) is 9.77. The molecule has 17 heavy (non-hydrogen) atoms. The van der Waals surface area contributed by atoms with Crippen molar-refractivity contribution in [1.29, 1.82) is 0 Å². The number of hydrogen-bond donors (Lipinski definition) is 0. The third kappa shape index (κ3) is 2.56. The lowest BCUT2D eigenvalue weighted by molar-refractivity contribution is -0.119. The van der Waals surface area contributed by atoms with Gasteiger partial charge in [0.15, 0.2) is 5.69 Å². The Hall–Kier alpha value is -2.02. The molecule has 4 nitrogen and oxygen atoms in total. The smallest absolute Gasteiger partial charge is 0.192 e. The molecule has 2 rings (SSSR count). The monoisotopic (exact) mass is 230 g/mol. The summed E-state index contributed by atoms with van der Waals surface area (Å²) in [6.45, 7) is 8.51. The van der Waals surface area contributed by atoms with Crippen LogP contribution in [0.3, 0.4) is 0 Å². The van der Waals surface area contributed by atoms with Gasteiger partial charge in [-0.1, -0.05) is 0 Å². The summed E-state index contributed by atoms with van der Waals surface area (Å²) in [4.78, 5) is 16.7. The van der Waals surface area contributed by atoms with Crippen LogP contribution >= 0.6 is 0 Å². The topological polar surface area (TPSA) is 33.9 Å². The summed E-state index contributed by atoms with van der Waals surface area (Å²) >= 11 is 0. The van der Waals surface area contributed by atoms with Crippen molar-refractivity contribution in [3.8, 4) is 5.75 Å². The van der Waals surface area contributed by atoms with Crippen LogP contribution in [0.5, 0.6) is 5.75 Å². The van der Waals surface area contributed by atoms with E-state index in [-0.39, 0.29) is 0 Å². The molecule has 0 aliphatic carbocycles. The van der Waals surface area contributed by atoms with Gasteiger partial charge in [0.25, 0.3) is 0 Å². The molecule has 0 N–H and O–H groups in total. The Morgan fingerprint density at radius 3 is 2.59 bits per heavy atom. The van der Waals surface area contributed by atoms with Gasteiger partial charge in [-0.25, -0.2) is 4.85 Å². The van der Waals surface area contributed by atoms with E-state index in [4.69, 9.17) is 11.3 Å². The highest BCUT2D eigenvalue weighted by atomic mass is 16.5. The average molecular weight is 230 g/mol. The van der Waals surface area contributed by atoms with Gasteiger partial charge in [-0.2, -0.15) is 0 Å². The van der Waals surface area contributed by atoms with Gasteiger partial charge in [-0.05, 0) is 12.1 Å². The molecule has 1 fully saturated rings. The zero-order chi connectivity index (χ0) is 12.3. The van der Waals surface area contributed by atoms with E-state index in [1.54, 1.807) is 13.2 Å². The molecule has 1 saturated heterocycles. The summed E-state index contributed by atoms with van der Waals surface area (Å²) in [5.41, 5.74) is 1.53. The van der Waals surface area contributed by atoms with E-state index >= 15 is 0 Å². The third-order valence-electron chi connectivity index (χ3n) is 2.93. The van der Waals surface area contributed by atoms with Gasteiger partial charge in [-0.3, -0.25) is 4.79 Å². The van der Waals surface area contributed by atoms with Gasteiger partial charge in [-0.15, -0.1) is 0 Å². The normalized spacial score (nSPS) is 15.5. The Bertz CT molecular complexity index is 467. The molecule has 0 atom stereocenters. The standard InChI is InChI=1S/C13H14N2O2/c1-14-10-7-11(9-13(8-10)17-2)15-5-3-12(16)4-6-15/h7-9H,3-6H2,2H3. The van der Waals surface area contributed by atoms with Gasteiger partial charge in [0.1, 0.15) is 11.5 Å². The van der Waals surface area contributed by atoms with Crippen molar-refractivity contribution < 1.29 is 9.53 Å². The maximum absolute atomic E-state index is 11.2. The quantitative estimate of drug-likeness (QED) is 0.732. The van der Waals surface area contributed by atoms with Crippen LogP contribution in [0.2, 0.25) is 0 Å². The maximum Gasteiger partial charge on any atom is 0.192 e. The fourth-order valence-electron chi connectivity index (χ4n) is 1.95. The molecule has 1 aromatic carbocycles. The van der Waals surface area contributed by atoms with Crippen molar-refractivity contribution in [2.24, 2.45) is 0 Å². The van der Waals surface area contributed by atoms with E-state index < -0.39 is 0 Å². The Labute approximate surface area is 101 Å². The number of carbonyl (C=O) groups is 1. The van der Waals surface area contributed by atoms with E-state index in [2.05, 4.69) is 9.74 Å². The summed E-state index contributed by atoms with van der Waals surface area (Å²) in [5.74, 6) is 1.000. The van der Waals surface area contributed by atoms with Gasteiger partial charge in [0, 0.05) is 37.7 Å².